The molecule has 0 fully saturated rings. The van der Waals surface area contributed by atoms with Crippen LogP contribution in [-0.4, -0.2) is 12.6 Å². The Balaban J connectivity index is 2.76. The van der Waals surface area contributed by atoms with E-state index in [1.165, 1.54) is 6.08 Å². The topological polar surface area (TPSA) is 52.3 Å². The van der Waals surface area contributed by atoms with E-state index in [0.29, 0.717) is 0 Å². The highest BCUT2D eigenvalue weighted by Crippen LogP contribution is 2.18. The smallest absolute Gasteiger partial charge is 0.327 e. The van der Waals surface area contributed by atoms with Crippen molar-refractivity contribution in [1.29, 1.82) is 0 Å². The first kappa shape index (κ1) is 12.2. The molecule has 0 saturated carbocycles. The third-order valence-electron chi connectivity index (χ3n) is 1.84. The van der Waals surface area contributed by atoms with Gasteiger partial charge in [0.25, 0.3) is 0 Å². The number of ether oxygens (including phenoxy) is 1. The number of halogens is 1. The van der Waals surface area contributed by atoms with Crippen molar-refractivity contribution in [3.63, 3.8) is 0 Å². The van der Waals surface area contributed by atoms with Crippen LogP contribution in [0.2, 0.25) is 0 Å². The van der Waals surface area contributed by atoms with Crippen LogP contribution in [0.15, 0.2) is 36.9 Å². The highest BCUT2D eigenvalue weighted by atomic mass is 127. The van der Waals surface area contributed by atoms with Crippen molar-refractivity contribution in [2.24, 2.45) is 5.73 Å². The van der Waals surface area contributed by atoms with Crippen LogP contribution in [0.4, 0.5) is 0 Å². The molecular weight excluding hydrogens is 305 g/mol. The van der Waals surface area contributed by atoms with Gasteiger partial charge in [-0.15, -0.1) is 0 Å². The standard InChI is InChI=1S/C11H12INO2/c1-2-7-15-11(14)10(13)8-5-3-4-6-9(8)12/h2-6,10H,1,7,13H2. The summed E-state index contributed by atoms with van der Waals surface area (Å²) in [5.74, 6) is -0.431. The largest absolute Gasteiger partial charge is 0.460 e. The van der Waals surface area contributed by atoms with E-state index in [1.807, 2.05) is 24.3 Å². The number of rotatable bonds is 4. The molecule has 0 aromatic heterocycles. The number of hydrogen-bond acceptors (Lipinski definition) is 3. The maximum Gasteiger partial charge on any atom is 0.327 e. The quantitative estimate of drug-likeness (QED) is 0.525. The van der Waals surface area contributed by atoms with Crippen LogP contribution >= 0.6 is 22.6 Å². The molecule has 0 aliphatic heterocycles. The van der Waals surface area contributed by atoms with E-state index < -0.39 is 12.0 Å². The van der Waals surface area contributed by atoms with Crippen LogP contribution in [0.1, 0.15) is 11.6 Å². The van der Waals surface area contributed by atoms with E-state index in [4.69, 9.17) is 10.5 Å². The highest BCUT2D eigenvalue weighted by molar-refractivity contribution is 14.1. The molecule has 0 aliphatic rings. The molecule has 0 amide bonds. The molecule has 0 heterocycles. The maximum absolute atomic E-state index is 11.5. The Morgan fingerprint density at radius 1 is 1.60 bits per heavy atom. The SMILES string of the molecule is C=CCOC(=O)C(N)c1ccccc1I. The van der Waals surface area contributed by atoms with Gasteiger partial charge in [-0.25, -0.2) is 4.79 Å². The fraction of sp³-hybridized carbons (Fsp3) is 0.182. The van der Waals surface area contributed by atoms with E-state index in [-0.39, 0.29) is 6.61 Å². The van der Waals surface area contributed by atoms with Crippen LogP contribution in [0.5, 0.6) is 0 Å². The number of hydrogen-bond donors (Lipinski definition) is 1. The van der Waals surface area contributed by atoms with Crippen molar-refractivity contribution in [2.45, 2.75) is 6.04 Å². The molecule has 1 rings (SSSR count). The van der Waals surface area contributed by atoms with Crippen molar-refractivity contribution >= 4 is 28.6 Å². The Bertz CT molecular complexity index is 365. The van der Waals surface area contributed by atoms with Gasteiger partial charge in [0, 0.05) is 3.57 Å². The van der Waals surface area contributed by atoms with Gasteiger partial charge >= 0.3 is 5.97 Å². The molecule has 4 heteroatoms. The molecule has 1 unspecified atom stereocenters. The Hall–Kier alpha value is -0.880. The van der Waals surface area contributed by atoms with Gasteiger partial charge in [0.15, 0.2) is 0 Å². The zero-order chi connectivity index (χ0) is 11.3. The van der Waals surface area contributed by atoms with Gasteiger partial charge in [-0.05, 0) is 34.2 Å². The molecule has 0 aliphatic carbocycles. The molecule has 1 aromatic carbocycles. The van der Waals surface area contributed by atoms with Gasteiger partial charge in [-0.2, -0.15) is 0 Å². The Morgan fingerprint density at radius 3 is 2.87 bits per heavy atom. The van der Waals surface area contributed by atoms with Gasteiger partial charge in [-0.1, -0.05) is 30.9 Å². The molecule has 0 spiro atoms. The van der Waals surface area contributed by atoms with Crippen LogP contribution in [0.25, 0.3) is 0 Å². The minimum Gasteiger partial charge on any atom is -0.460 e. The molecular formula is C11H12INO2. The summed E-state index contributed by atoms with van der Waals surface area (Å²) in [5, 5.41) is 0. The molecule has 0 saturated heterocycles. The van der Waals surface area contributed by atoms with E-state index in [2.05, 4.69) is 29.2 Å². The first-order chi connectivity index (χ1) is 7.16. The number of nitrogens with two attached hydrogens (primary N) is 1. The summed E-state index contributed by atoms with van der Waals surface area (Å²) in [5.41, 5.74) is 6.55. The highest BCUT2D eigenvalue weighted by Gasteiger charge is 2.18. The van der Waals surface area contributed by atoms with E-state index in [0.717, 1.165) is 9.13 Å². The third-order valence-corrected chi connectivity index (χ3v) is 2.82. The second-order valence-corrected chi connectivity index (χ2v) is 4.08. The molecule has 1 atom stereocenters. The summed E-state index contributed by atoms with van der Waals surface area (Å²) >= 11 is 2.14. The van der Waals surface area contributed by atoms with Crippen molar-refractivity contribution in [3.8, 4) is 0 Å². The zero-order valence-electron chi connectivity index (χ0n) is 8.15. The normalized spacial score (nSPS) is 11.9. The molecule has 0 bridgehead atoms. The molecule has 1 aromatic rings. The van der Waals surface area contributed by atoms with E-state index in [1.54, 1.807) is 0 Å². The summed E-state index contributed by atoms with van der Waals surface area (Å²) in [4.78, 5) is 11.5. The summed E-state index contributed by atoms with van der Waals surface area (Å²) in [7, 11) is 0. The van der Waals surface area contributed by atoms with Crippen LogP contribution < -0.4 is 5.73 Å². The summed E-state index contributed by atoms with van der Waals surface area (Å²) in [6.45, 7) is 3.65. The predicted octanol–water partition coefficient (Wildman–Crippen LogP) is 2.02. The van der Waals surface area contributed by atoms with Gasteiger partial charge in [0.2, 0.25) is 0 Å². The fourth-order valence-electron chi connectivity index (χ4n) is 1.09. The molecule has 80 valence electrons. The van der Waals surface area contributed by atoms with Crippen molar-refractivity contribution < 1.29 is 9.53 Å². The average Bonchev–Trinajstić information content (AvgIpc) is 2.25. The molecule has 3 nitrogen and oxygen atoms in total. The molecule has 2 N–H and O–H groups in total. The second kappa shape index (κ2) is 5.87. The molecule has 15 heavy (non-hydrogen) atoms. The fourth-order valence-corrected chi connectivity index (χ4v) is 1.81. The second-order valence-electron chi connectivity index (χ2n) is 2.92. The average molecular weight is 317 g/mol. The van der Waals surface area contributed by atoms with Gasteiger partial charge < -0.3 is 10.5 Å². The van der Waals surface area contributed by atoms with Gasteiger partial charge in [0.1, 0.15) is 12.6 Å². The minimum absolute atomic E-state index is 0.190. The zero-order valence-corrected chi connectivity index (χ0v) is 10.3. The third kappa shape index (κ3) is 3.32. The minimum atomic E-state index is -0.724. The summed E-state index contributed by atoms with van der Waals surface area (Å²) < 4.78 is 5.83. The summed E-state index contributed by atoms with van der Waals surface area (Å²) in [6, 6.07) is 6.74. The van der Waals surface area contributed by atoms with Gasteiger partial charge in [-0.3, -0.25) is 0 Å². The van der Waals surface area contributed by atoms with Crippen molar-refractivity contribution in [2.75, 3.05) is 6.61 Å². The number of carbonyl (C=O) groups excluding carboxylic acids is 1. The Morgan fingerprint density at radius 2 is 2.27 bits per heavy atom. The lowest BCUT2D eigenvalue weighted by Crippen LogP contribution is -2.24. The first-order valence-electron chi connectivity index (χ1n) is 4.44. The molecule has 0 radical (unpaired) electrons. The predicted molar refractivity (Wildman–Crippen MR) is 67.2 cm³/mol. The Kier molecular flexibility index (Phi) is 4.77. The lowest BCUT2D eigenvalue weighted by atomic mass is 10.1. The lowest BCUT2D eigenvalue weighted by molar-refractivity contribution is -0.144. The van der Waals surface area contributed by atoms with Crippen LogP contribution in [-0.2, 0) is 9.53 Å². The van der Waals surface area contributed by atoms with E-state index in [9.17, 15) is 4.79 Å². The monoisotopic (exact) mass is 317 g/mol. The number of esters is 1. The maximum atomic E-state index is 11.5. The lowest BCUT2D eigenvalue weighted by Gasteiger charge is -2.12. The number of benzene rings is 1. The van der Waals surface area contributed by atoms with Crippen molar-refractivity contribution in [1.82, 2.24) is 0 Å². The number of carbonyl (C=O) groups is 1. The van der Waals surface area contributed by atoms with Crippen LogP contribution in [0.3, 0.4) is 0 Å². The van der Waals surface area contributed by atoms with E-state index >= 15 is 0 Å². The van der Waals surface area contributed by atoms with Gasteiger partial charge in [0.05, 0.1) is 0 Å². The first-order valence-corrected chi connectivity index (χ1v) is 5.52. The van der Waals surface area contributed by atoms with Crippen molar-refractivity contribution in [3.05, 3.63) is 46.1 Å². The summed E-state index contributed by atoms with van der Waals surface area (Å²) in [6.07, 6.45) is 1.51. The Labute approximate surface area is 102 Å². The van der Waals surface area contributed by atoms with Crippen LogP contribution in [0, 0.1) is 3.57 Å².